The summed E-state index contributed by atoms with van der Waals surface area (Å²) in [6.45, 7) is 15.8. The van der Waals surface area contributed by atoms with E-state index in [4.69, 9.17) is 19.4 Å². The van der Waals surface area contributed by atoms with E-state index < -0.39 is 20.7 Å². The normalized spacial score (nSPS) is 16.1. The summed E-state index contributed by atoms with van der Waals surface area (Å²) in [5.41, 5.74) is 3.09. The van der Waals surface area contributed by atoms with E-state index in [1.165, 1.54) is 11.6 Å². The number of ketones is 1. The van der Waals surface area contributed by atoms with Crippen LogP contribution in [0.2, 0.25) is 0 Å². The van der Waals surface area contributed by atoms with Gasteiger partial charge in [0.05, 0.1) is 24.4 Å². The molecule has 200 valence electrons. The van der Waals surface area contributed by atoms with Crippen LogP contribution in [0.1, 0.15) is 51.9 Å². The quantitative estimate of drug-likeness (QED) is 0.134. The minimum atomic E-state index is -0.931. The van der Waals surface area contributed by atoms with Crippen LogP contribution in [0.4, 0.5) is 5.69 Å². The van der Waals surface area contributed by atoms with Crippen LogP contribution in [-0.2, 0) is 15.1 Å². The van der Waals surface area contributed by atoms with Crippen molar-refractivity contribution in [1.82, 2.24) is 4.90 Å². The van der Waals surface area contributed by atoms with Gasteiger partial charge >= 0.3 is 34.5 Å². The summed E-state index contributed by atoms with van der Waals surface area (Å²) in [4.78, 5) is 17.2. The Kier molecular flexibility index (Phi) is 11.6. The molecule has 5 nitrogen and oxygen atoms in total. The Morgan fingerprint density at radius 2 is 1.49 bits per heavy atom. The molecular weight excluding hydrogens is 559 g/mol. The molecule has 1 aliphatic carbocycles. The number of benzene rings is 1. The van der Waals surface area contributed by atoms with Gasteiger partial charge in [-0.05, 0) is 64.4 Å². The Balaban J connectivity index is 0.00000153. The van der Waals surface area contributed by atoms with Crippen molar-refractivity contribution in [3.8, 4) is 0 Å². The average molecular weight is 600 g/mol. The van der Waals surface area contributed by atoms with E-state index in [1.807, 2.05) is 57.1 Å². The Morgan fingerprint density at radius 1 is 1.00 bits per heavy atom. The van der Waals surface area contributed by atoms with Crippen LogP contribution < -0.4 is 4.90 Å². The molecule has 0 bridgehead atoms. The van der Waals surface area contributed by atoms with E-state index in [2.05, 4.69) is 61.5 Å². The summed E-state index contributed by atoms with van der Waals surface area (Å²) in [6.07, 6.45) is 8.25. The first-order valence-electron chi connectivity index (χ1n) is 12.7. The van der Waals surface area contributed by atoms with Crippen LogP contribution in [0.5, 0.6) is 0 Å². The van der Waals surface area contributed by atoms with Crippen molar-refractivity contribution in [3.63, 3.8) is 0 Å². The zero-order valence-corrected chi connectivity index (χ0v) is 28.1. The molecule has 0 unspecified atom stereocenters. The minimum absolute atomic E-state index is 0.135. The van der Waals surface area contributed by atoms with Gasteiger partial charge in [0.25, 0.3) is 0 Å². The third kappa shape index (κ3) is 7.79. The molecule has 1 N–H and O–H groups in total. The van der Waals surface area contributed by atoms with Crippen molar-refractivity contribution >= 4 is 36.6 Å². The Morgan fingerprint density at radius 3 is 1.92 bits per heavy atom. The number of halogens is 2. The van der Waals surface area contributed by atoms with Gasteiger partial charge in [-0.1, -0.05) is 19.3 Å². The van der Waals surface area contributed by atoms with Crippen molar-refractivity contribution in [1.29, 1.82) is 0 Å². The zero-order valence-electron chi connectivity index (χ0n) is 23.6. The summed E-state index contributed by atoms with van der Waals surface area (Å²) in [5.74, 6) is 1.74. The van der Waals surface area contributed by atoms with Gasteiger partial charge in [0.1, 0.15) is 0 Å². The van der Waals surface area contributed by atoms with Gasteiger partial charge in [0, 0.05) is 29.0 Å². The SMILES string of the molecule is C[C-](C)C(C)(C)C(O)=C1C=CC(=[N+]2CCN(c3ccc(C(=O)C(C)(C)N(C)C)cc3)CC2)C=C1.[Cl][Zn][Cl]. The molecule has 1 saturated heterocycles. The van der Waals surface area contributed by atoms with Gasteiger partial charge in [-0.2, -0.15) is 13.8 Å². The molecule has 3 rings (SSSR count). The summed E-state index contributed by atoms with van der Waals surface area (Å²) in [6, 6.07) is 8.04. The number of carbonyl (C=O) groups excluding carboxylic acids is 1. The first-order chi connectivity index (χ1) is 17.3. The molecule has 1 aromatic carbocycles. The van der Waals surface area contributed by atoms with Crippen molar-refractivity contribution in [2.45, 2.75) is 47.1 Å². The molecule has 37 heavy (non-hydrogen) atoms. The van der Waals surface area contributed by atoms with E-state index in [1.54, 1.807) is 0 Å². The summed E-state index contributed by atoms with van der Waals surface area (Å²) in [7, 11) is 13.8. The summed E-state index contributed by atoms with van der Waals surface area (Å²) < 4.78 is 2.39. The zero-order chi connectivity index (χ0) is 28.0. The van der Waals surface area contributed by atoms with E-state index in [-0.39, 0.29) is 11.2 Å². The second-order valence-corrected chi connectivity index (χ2v) is 15.5. The molecule has 0 saturated carbocycles. The number of anilines is 1. The average Bonchev–Trinajstić information content (AvgIpc) is 2.88. The second-order valence-electron chi connectivity index (χ2n) is 10.9. The molecule has 8 heteroatoms. The summed E-state index contributed by atoms with van der Waals surface area (Å²) >= 11 is -0.931. The molecule has 0 amide bonds. The van der Waals surface area contributed by atoms with Crippen molar-refractivity contribution in [2.75, 3.05) is 45.2 Å². The number of Topliss-reactive ketones (excluding diaryl/α,β-unsaturated/α-hetero) is 1. The van der Waals surface area contributed by atoms with Crippen LogP contribution in [-0.4, -0.2) is 71.9 Å². The number of piperazine rings is 1. The molecule has 0 atom stereocenters. The number of likely N-dealkylation sites (N-methyl/N-ethyl adjacent to an activating group) is 1. The maximum atomic E-state index is 12.9. The van der Waals surface area contributed by atoms with Crippen LogP contribution >= 0.6 is 19.4 Å². The van der Waals surface area contributed by atoms with Crippen LogP contribution in [0.25, 0.3) is 0 Å². The predicted octanol–water partition coefficient (Wildman–Crippen LogP) is 6.44. The number of allylic oxidation sites excluding steroid dienone is 6. The molecule has 0 spiro atoms. The van der Waals surface area contributed by atoms with Gasteiger partial charge in [-0.15, -0.1) is 0 Å². The topological polar surface area (TPSA) is 46.8 Å². The Hall–Kier alpha value is -1.46. The number of aliphatic hydroxyl groups excluding tert-OH is 1. The fraction of sp³-hybridized carbons (Fsp3) is 0.483. The van der Waals surface area contributed by atoms with Gasteiger partial charge in [0.15, 0.2) is 24.6 Å². The Bertz CT molecular complexity index is 1040. The van der Waals surface area contributed by atoms with Gasteiger partial charge < -0.3 is 15.9 Å². The number of nitrogens with zero attached hydrogens (tertiary/aromatic N) is 3. The molecule has 1 aromatic rings. The molecule has 2 aliphatic rings. The number of aliphatic hydroxyl groups is 1. The molecular formula is C29H41Cl2N3O2Zn. The number of hydrogen-bond donors (Lipinski definition) is 1. The Labute approximate surface area is 239 Å². The maximum absolute atomic E-state index is 12.9. The van der Waals surface area contributed by atoms with Gasteiger partial charge in [-0.3, -0.25) is 9.69 Å². The van der Waals surface area contributed by atoms with Crippen molar-refractivity contribution in [2.24, 2.45) is 5.41 Å². The van der Waals surface area contributed by atoms with Gasteiger partial charge in [0.2, 0.25) is 0 Å². The monoisotopic (exact) mass is 597 g/mol. The first kappa shape index (κ1) is 31.8. The molecule has 0 radical (unpaired) electrons. The predicted molar refractivity (Wildman–Crippen MR) is 154 cm³/mol. The summed E-state index contributed by atoms with van der Waals surface area (Å²) in [5, 5.41) is 10.8. The molecule has 1 fully saturated rings. The number of rotatable bonds is 6. The van der Waals surface area contributed by atoms with E-state index >= 15 is 0 Å². The third-order valence-corrected chi connectivity index (χ3v) is 7.80. The van der Waals surface area contributed by atoms with E-state index in [0.29, 0.717) is 5.76 Å². The molecule has 1 heterocycles. The number of hydrogen-bond acceptors (Lipinski definition) is 4. The van der Waals surface area contributed by atoms with Crippen molar-refractivity contribution < 1.29 is 29.6 Å². The molecule has 0 aromatic heterocycles. The fourth-order valence-corrected chi connectivity index (χ4v) is 4.03. The van der Waals surface area contributed by atoms with E-state index in [0.717, 1.165) is 43.0 Å². The van der Waals surface area contributed by atoms with Crippen molar-refractivity contribution in [3.05, 3.63) is 71.4 Å². The number of carbonyl (C=O) groups is 1. The standard InChI is InChI=1S/C29H40N3O2.2ClH.Zn/c1-21(2)28(3,4)26(33)22-9-13-24(14-10-22)31-17-19-32(20-18-31)25-15-11-23(12-16-25)27(34)29(5,6)30(7)8;;;/h9-16H,17-20H2,1-8H3;2*1H;/q-1;;;+2/p-1. The van der Waals surface area contributed by atoms with Crippen LogP contribution in [0, 0.1) is 11.3 Å². The fourth-order valence-electron chi connectivity index (χ4n) is 4.03. The molecule has 1 aliphatic heterocycles. The third-order valence-electron chi connectivity index (χ3n) is 7.80. The van der Waals surface area contributed by atoms with Gasteiger partial charge in [-0.25, -0.2) is 4.58 Å². The van der Waals surface area contributed by atoms with E-state index in [9.17, 15) is 9.90 Å². The first-order valence-corrected chi connectivity index (χ1v) is 20.5. The van der Waals surface area contributed by atoms with Crippen LogP contribution in [0.15, 0.2) is 59.9 Å². The second kappa shape index (κ2) is 13.6. The van der Waals surface area contributed by atoms with Crippen LogP contribution in [0.3, 0.4) is 0 Å².